The largest absolute Gasteiger partial charge is 0.481 e. The first-order chi connectivity index (χ1) is 11.6. The number of carboxylic acid groups (broad SMARTS) is 1. The van der Waals surface area contributed by atoms with E-state index in [1.54, 1.807) is 53.7 Å². The maximum Gasteiger partial charge on any atom is 0.306 e. The van der Waals surface area contributed by atoms with Crippen LogP contribution in [0.2, 0.25) is 0 Å². The monoisotopic (exact) mass is 326 g/mol. The van der Waals surface area contributed by atoms with Crippen LogP contribution in [-0.4, -0.2) is 40.0 Å². The molecule has 1 aliphatic heterocycles. The van der Waals surface area contributed by atoms with Crippen LogP contribution in [0.1, 0.15) is 23.2 Å². The molecule has 0 saturated carbocycles. The number of hydrogen-bond acceptors (Lipinski definition) is 4. The Kier molecular flexibility index (Phi) is 4.74. The smallest absolute Gasteiger partial charge is 0.306 e. The van der Waals surface area contributed by atoms with Crippen LogP contribution in [0.5, 0.6) is 11.5 Å². The van der Waals surface area contributed by atoms with E-state index in [1.807, 2.05) is 0 Å². The highest BCUT2D eigenvalue weighted by Crippen LogP contribution is 2.24. The Morgan fingerprint density at radius 2 is 1.79 bits per heavy atom. The maximum atomic E-state index is 12.6. The summed E-state index contributed by atoms with van der Waals surface area (Å²) in [6.45, 7) is 0.927. The highest BCUT2D eigenvalue weighted by Gasteiger charge is 2.27. The Labute approximate surface area is 139 Å². The van der Waals surface area contributed by atoms with Gasteiger partial charge in [0.15, 0.2) is 0 Å². The molecule has 0 atom stereocenters. The second kappa shape index (κ2) is 7.12. The molecule has 1 aliphatic rings. The molecule has 1 fully saturated rings. The summed E-state index contributed by atoms with van der Waals surface area (Å²) >= 11 is 0. The third-order valence-corrected chi connectivity index (χ3v) is 4.10. The number of nitrogens with zero attached hydrogens (tertiary/aromatic N) is 2. The lowest BCUT2D eigenvalue weighted by Crippen LogP contribution is -2.40. The molecule has 6 heteroatoms. The van der Waals surface area contributed by atoms with Gasteiger partial charge in [0, 0.05) is 31.0 Å². The fourth-order valence-electron chi connectivity index (χ4n) is 2.75. The van der Waals surface area contributed by atoms with Gasteiger partial charge in [-0.25, -0.2) is 0 Å². The summed E-state index contributed by atoms with van der Waals surface area (Å²) in [6, 6.07) is 10.5. The molecule has 2 aromatic rings. The molecule has 1 saturated heterocycles. The molecule has 1 amide bonds. The van der Waals surface area contributed by atoms with Gasteiger partial charge in [0.1, 0.15) is 11.5 Å². The van der Waals surface area contributed by atoms with Crippen LogP contribution >= 0.6 is 0 Å². The minimum Gasteiger partial charge on any atom is -0.481 e. The Morgan fingerprint density at radius 1 is 1.08 bits per heavy atom. The average Bonchev–Trinajstić information content (AvgIpc) is 2.62. The predicted molar refractivity (Wildman–Crippen MR) is 87.0 cm³/mol. The highest BCUT2D eigenvalue weighted by atomic mass is 16.5. The van der Waals surface area contributed by atoms with Crippen molar-refractivity contribution >= 4 is 11.9 Å². The summed E-state index contributed by atoms with van der Waals surface area (Å²) in [6.07, 6.45) is 4.26. The van der Waals surface area contributed by atoms with E-state index >= 15 is 0 Å². The number of carbonyl (C=O) groups excluding carboxylic acids is 1. The lowest BCUT2D eigenvalue weighted by molar-refractivity contribution is -0.143. The molecule has 0 bridgehead atoms. The summed E-state index contributed by atoms with van der Waals surface area (Å²) in [5.41, 5.74) is 0.537. The van der Waals surface area contributed by atoms with Gasteiger partial charge in [0.2, 0.25) is 0 Å². The highest BCUT2D eigenvalue weighted by molar-refractivity contribution is 5.94. The number of rotatable bonds is 4. The molecule has 0 spiro atoms. The molecule has 1 aromatic carbocycles. The van der Waals surface area contributed by atoms with Crippen LogP contribution in [0.3, 0.4) is 0 Å². The number of carbonyl (C=O) groups is 2. The van der Waals surface area contributed by atoms with Crippen LogP contribution in [0, 0.1) is 5.92 Å². The zero-order valence-electron chi connectivity index (χ0n) is 13.1. The molecular weight excluding hydrogens is 308 g/mol. The van der Waals surface area contributed by atoms with E-state index in [0.29, 0.717) is 43.0 Å². The van der Waals surface area contributed by atoms with Crippen molar-refractivity contribution in [1.29, 1.82) is 0 Å². The first kappa shape index (κ1) is 16.0. The fourth-order valence-corrected chi connectivity index (χ4v) is 2.75. The minimum absolute atomic E-state index is 0.0981. The van der Waals surface area contributed by atoms with Crippen LogP contribution in [0.15, 0.2) is 48.8 Å². The van der Waals surface area contributed by atoms with Crippen LogP contribution < -0.4 is 4.74 Å². The lowest BCUT2D eigenvalue weighted by atomic mass is 9.96. The van der Waals surface area contributed by atoms with Gasteiger partial charge < -0.3 is 14.7 Å². The summed E-state index contributed by atoms with van der Waals surface area (Å²) in [5, 5.41) is 9.03. The van der Waals surface area contributed by atoms with Crippen molar-refractivity contribution in [2.45, 2.75) is 12.8 Å². The van der Waals surface area contributed by atoms with Gasteiger partial charge in [-0.05, 0) is 43.2 Å². The third-order valence-electron chi connectivity index (χ3n) is 4.10. The van der Waals surface area contributed by atoms with E-state index in [1.165, 1.54) is 0 Å². The van der Waals surface area contributed by atoms with Crippen molar-refractivity contribution < 1.29 is 19.4 Å². The Hall–Kier alpha value is -2.89. The number of benzene rings is 1. The van der Waals surface area contributed by atoms with Gasteiger partial charge in [0.05, 0.1) is 5.92 Å². The molecule has 0 aliphatic carbocycles. The topological polar surface area (TPSA) is 79.7 Å². The van der Waals surface area contributed by atoms with Gasteiger partial charge in [-0.15, -0.1) is 0 Å². The van der Waals surface area contributed by atoms with E-state index in [0.717, 1.165) is 0 Å². The van der Waals surface area contributed by atoms with E-state index in [4.69, 9.17) is 9.84 Å². The normalized spacial score (nSPS) is 15.1. The number of ether oxygens (including phenoxy) is 1. The molecule has 1 N–H and O–H groups in total. The first-order valence-corrected chi connectivity index (χ1v) is 7.83. The van der Waals surface area contributed by atoms with E-state index < -0.39 is 5.97 Å². The second-order valence-corrected chi connectivity index (χ2v) is 5.72. The number of likely N-dealkylation sites (tertiary alicyclic amines) is 1. The number of hydrogen-bond donors (Lipinski definition) is 1. The number of aromatic nitrogens is 1. The minimum atomic E-state index is -0.783. The van der Waals surface area contributed by atoms with Crippen LogP contribution in [-0.2, 0) is 4.79 Å². The van der Waals surface area contributed by atoms with Gasteiger partial charge in [-0.3, -0.25) is 14.6 Å². The van der Waals surface area contributed by atoms with Crippen molar-refractivity contribution in [3.8, 4) is 11.5 Å². The fraction of sp³-hybridized carbons (Fsp3) is 0.278. The molecule has 3 rings (SSSR count). The summed E-state index contributed by atoms with van der Waals surface area (Å²) in [7, 11) is 0. The molecule has 2 heterocycles. The van der Waals surface area contributed by atoms with Crippen molar-refractivity contribution in [3.05, 3.63) is 54.4 Å². The molecule has 124 valence electrons. The zero-order chi connectivity index (χ0) is 16.9. The number of amides is 1. The summed E-state index contributed by atoms with van der Waals surface area (Å²) in [5.74, 6) is -0.00591. The van der Waals surface area contributed by atoms with Crippen LogP contribution in [0.4, 0.5) is 0 Å². The Bertz CT molecular complexity index is 725. The van der Waals surface area contributed by atoms with Crippen molar-refractivity contribution in [2.24, 2.45) is 5.92 Å². The van der Waals surface area contributed by atoms with E-state index in [9.17, 15) is 9.59 Å². The number of piperidine rings is 1. The van der Waals surface area contributed by atoms with E-state index in [2.05, 4.69) is 4.98 Å². The average molecular weight is 326 g/mol. The first-order valence-electron chi connectivity index (χ1n) is 7.83. The summed E-state index contributed by atoms with van der Waals surface area (Å²) < 4.78 is 5.72. The van der Waals surface area contributed by atoms with Crippen molar-refractivity contribution in [1.82, 2.24) is 9.88 Å². The molecule has 0 unspecified atom stereocenters. The second-order valence-electron chi connectivity index (χ2n) is 5.72. The molecular formula is C18H18N2O4. The third kappa shape index (κ3) is 3.71. The SMILES string of the molecule is O=C(O)C1CCN(C(=O)c2cccc(Oc3ccncc3)c2)CC1. The predicted octanol–water partition coefficient (Wildman–Crippen LogP) is 2.81. The zero-order valence-corrected chi connectivity index (χ0v) is 13.1. The number of carboxylic acids is 1. The number of pyridine rings is 1. The van der Waals surface area contributed by atoms with Gasteiger partial charge >= 0.3 is 5.97 Å². The van der Waals surface area contributed by atoms with Crippen LogP contribution in [0.25, 0.3) is 0 Å². The molecule has 0 radical (unpaired) electrons. The Morgan fingerprint density at radius 3 is 2.46 bits per heavy atom. The quantitative estimate of drug-likeness (QED) is 0.934. The van der Waals surface area contributed by atoms with Gasteiger partial charge in [-0.1, -0.05) is 6.07 Å². The van der Waals surface area contributed by atoms with Gasteiger partial charge in [-0.2, -0.15) is 0 Å². The molecule has 1 aromatic heterocycles. The number of aliphatic carboxylic acids is 1. The standard InChI is InChI=1S/C18H18N2O4/c21-17(20-10-6-13(7-11-20)18(22)23)14-2-1-3-16(12-14)24-15-4-8-19-9-5-15/h1-5,8-9,12-13H,6-7,10-11H2,(H,22,23). The van der Waals surface area contributed by atoms with Crippen molar-refractivity contribution in [2.75, 3.05) is 13.1 Å². The Balaban J connectivity index is 1.67. The summed E-state index contributed by atoms with van der Waals surface area (Å²) in [4.78, 5) is 29.2. The molecule has 6 nitrogen and oxygen atoms in total. The lowest BCUT2D eigenvalue weighted by Gasteiger charge is -2.30. The van der Waals surface area contributed by atoms with E-state index in [-0.39, 0.29) is 11.8 Å². The van der Waals surface area contributed by atoms with Gasteiger partial charge in [0.25, 0.3) is 5.91 Å². The maximum absolute atomic E-state index is 12.6. The van der Waals surface area contributed by atoms with Crippen molar-refractivity contribution in [3.63, 3.8) is 0 Å². The molecule has 24 heavy (non-hydrogen) atoms.